The van der Waals surface area contributed by atoms with Crippen LogP contribution in [0.15, 0.2) is 95.4 Å². The lowest BCUT2D eigenvalue weighted by atomic mass is 10.1. The van der Waals surface area contributed by atoms with Crippen LogP contribution in [0.1, 0.15) is 16.4 Å². The molecule has 0 spiro atoms. The minimum Gasteiger partial charge on any atom is -0.452 e. The molecule has 5 aromatic rings. The van der Waals surface area contributed by atoms with Crippen LogP contribution in [0, 0.1) is 0 Å². The van der Waals surface area contributed by atoms with Crippen molar-refractivity contribution in [2.24, 2.45) is 0 Å². The maximum atomic E-state index is 13.1. The number of furan rings is 1. The summed E-state index contributed by atoms with van der Waals surface area (Å²) in [6.07, 6.45) is 0. The van der Waals surface area contributed by atoms with Crippen molar-refractivity contribution < 1.29 is 9.21 Å². The predicted octanol–water partition coefficient (Wildman–Crippen LogP) is 5.72. The Balaban J connectivity index is 1.64. The van der Waals surface area contributed by atoms with Gasteiger partial charge in [-0.05, 0) is 12.1 Å². The van der Waals surface area contributed by atoms with Crippen LogP contribution in [0.5, 0.6) is 0 Å². The molecule has 5 rings (SSSR count). The van der Waals surface area contributed by atoms with Crippen molar-refractivity contribution in [1.29, 1.82) is 0 Å². The van der Waals surface area contributed by atoms with Crippen molar-refractivity contribution in [2.75, 3.05) is 0 Å². The number of fused-ring (bicyclic) bond motifs is 1. The number of carbonyl (C=O) groups is 1. The first-order valence-corrected chi connectivity index (χ1v) is 9.04. The standard InChI is InChI=1S/C24H16N2O2/c27-23(20-15-18-13-7-8-14-19(18)28-20)24-25-21(16-9-3-1-4-10-16)22(26-24)17-11-5-2-6-12-17/h1-15H,(H,25,26). The average molecular weight is 364 g/mol. The van der Waals surface area contributed by atoms with Crippen molar-refractivity contribution >= 4 is 16.8 Å². The number of nitrogens with one attached hydrogen (secondary N) is 1. The van der Waals surface area contributed by atoms with Gasteiger partial charge < -0.3 is 9.40 Å². The van der Waals surface area contributed by atoms with Crippen LogP contribution in [0.2, 0.25) is 0 Å². The van der Waals surface area contributed by atoms with Crippen molar-refractivity contribution in [3.8, 4) is 22.5 Å². The Hall–Kier alpha value is -3.92. The fourth-order valence-corrected chi connectivity index (χ4v) is 3.31. The van der Waals surface area contributed by atoms with E-state index < -0.39 is 0 Å². The number of aromatic amines is 1. The molecule has 1 N–H and O–H groups in total. The summed E-state index contributed by atoms with van der Waals surface area (Å²) in [5.74, 6) is 0.265. The second-order valence-electron chi connectivity index (χ2n) is 6.52. The van der Waals surface area contributed by atoms with Gasteiger partial charge >= 0.3 is 0 Å². The number of nitrogens with zero attached hydrogens (tertiary/aromatic N) is 1. The summed E-state index contributed by atoms with van der Waals surface area (Å²) < 4.78 is 5.74. The van der Waals surface area contributed by atoms with Crippen molar-refractivity contribution in [3.05, 3.63) is 103 Å². The summed E-state index contributed by atoms with van der Waals surface area (Å²) in [6.45, 7) is 0. The van der Waals surface area contributed by atoms with E-state index in [1.54, 1.807) is 6.07 Å². The minimum atomic E-state index is -0.268. The van der Waals surface area contributed by atoms with Crippen LogP contribution >= 0.6 is 0 Å². The number of hydrogen-bond donors (Lipinski definition) is 1. The molecule has 0 atom stereocenters. The number of aromatic nitrogens is 2. The van der Waals surface area contributed by atoms with Gasteiger partial charge in [0.05, 0.1) is 11.4 Å². The molecule has 0 radical (unpaired) electrons. The van der Waals surface area contributed by atoms with E-state index in [2.05, 4.69) is 9.97 Å². The summed E-state index contributed by atoms with van der Waals surface area (Å²) in [5.41, 5.74) is 4.15. The lowest BCUT2D eigenvalue weighted by Gasteiger charge is -2.02. The Morgan fingerprint density at radius 2 is 1.43 bits per heavy atom. The largest absolute Gasteiger partial charge is 0.452 e. The topological polar surface area (TPSA) is 58.9 Å². The number of ketones is 1. The highest BCUT2D eigenvalue weighted by Crippen LogP contribution is 2.31. The predicted molar refractivity (Wildman–Crippen MR) is 109 cm³/mol. The molecule has 0 amide bonds. The Kier molecular flexibility index (Phi) is 3.87. The molecule has 0 fully saturated rings. The fourth-order valence-electron chi connectivity index (χ4n) is 3.31. The highest BCUT2D eigenvalue weighted by atomic mass is 16.3. The maximum Gasteiger partial charge on any atom is 0.263 e. The van der Waals surface area contributed by atoms with E-state index in [1.165, 1.54) is 0 Å². The molecule has 0 saturated heterocycles. The van der Waals surface area contributed by atoms with Crippen LogP contribution < -0.4 is 0 Å². The van der Waals surface area contributed by atoms with Gasteiger partial charge in [-0.3, -0.25) is 4.79 Å². The molecule has 0 bridgehead atoms. The van der Waals surface area contributed by atoms with Crippen molar-refractivity contribution in [1.82, 2.24) is 9.97 Å². The van der Waals surface area contributed by atoms with E-state index >= 15 is 0 Å². The van der Waals surface area contributed by atoms with Crippen LogP contribution in [-0.4, -0.2) is 15.8 Å². The van der Waals surface area contributed by atoms with Crippen LogP contribution in [0.25, 0.3) is 33.5 Å². The molecule has 2 heterocycles. The average Bonchev–Trinajstić information content (AvgIpc) is 3.39. The summed E-state index contributed by atoms with van der Waals surface area (Å²) >= 11 is 0. The van der Waals surface area contributed by atoms with Crippen LogP contribution in [0.3, 0.4) is 0 Å². The number of rotatable bonds is 4. The molecular formula is C24H16N2O2. The van der Waals surface area contributed by atoms with Crippen molar-refractivity contribution in [2.45, 2.75) is 0 Å². The van der Waals surface area contributed by atoms with Gasteiger partial charge in [-0.25, -0.2) is 4.98 Å². The number of imidazole rings is 1. The Bertz CT molecular complexity index is 1180. The Morgan fingerprint density at radius 1 is 0.786 bits per heavy atom. The van der Waals surface area contributed by atoms with E-state index in [-0.39, 0.29) is 17.4 Å². The molecule has 3 aromatic carbocycles. The second kappa shape index (κ2) is 6.67. The number of hydrogen-bond acceptors (Lipinski definition) is 3. The molecule has 0 unspecified atom stereocenters. The van der Waals surface area contributed by atoms with Crippen molar-refractivity contribution in [3.63, 3.8) is 0 Å². The second-order valence-corrected chi connectivity index (χ2v) is 6.52. The first-order valence-electron chi connectivity index (χ1n) is 9.04. The highest BCUT2D eigenvalue weighted by molar-refractivity contribution is 6.07. The molecular weight excluding hydrogens is 348 g/mol. The zero-order valence-corrected chi connectivity index (χ0v) is 14.9. The number of benzene rings is 3. The van der Waals surface area contributed by atoms with Gasteiger partial charge in [0, 0.05) is 16.5 Å². The normalized spacial score (nSPS) is 11.0. The summed E-state index contributed by atoms with van der Waals surface area (Å²) in [7, 11) is 0. The molecule has 0 saturated carbocycles. The van der Waals surface area contributed by atoms with Crippen LogP contribution in [0.4, 0.5) is 0 Å². The van der Waals surface area contributed by atoms with E-state index in [4.69, 9.17) is 4.42 Å². The van der Waals surface area contributed by atoms with E-state index in [0.717, 1.165) is 27.9 Å². The third-order valence-corrected chi connectivity index (χ3v) is 4.68. The minimum absolute atomic E-state index is 0.261. The van der Waals surface area contributed by atoms with Gasteiger partial charge in [0.2, 0.25) is 0 Å². The lowest BCUT2D eigenvalue weighted by Crippen LogP contribution is -2.02. The molecule has 134 valence electrons. The fraction of sp³-hybridized carbons (Fsp3) is 0. The highest BCUT2D eigenvalue weighted by Gasteiger charge is 2.22. The zero-order chi connectivity index (χ0) is 18.9. The van der Waals surface area contributed by atoms with E-state index in [0.29, 0.717) is 5.58 Å². The van der Waals surface area contributed by atoms with Gasteiger partial charge in [0.15, 0.2) is 11.6 Å². The SMILES string of the molecule is O=C(c1nc(-c2ccccc2)c(-c2ccccc2)[nH]1)c1cc2ccccc2o1. The molecule has 4 heteroatoms. The van der Waals surface area contributed by atoms with E-state index in [9.17, 15) is 4.79 Å². The number of carbonyl (C=O) groups excluding carboxylic acids is 1. The van der Waals surface area contributed by atoms with Gasteiger partial charge in [0.1, 0.15) is 5.58 Å². The Morgan fingerprint density at radius 3 is 2.14 bits per heavy atom. The third-order valence-electron chi connectivity index (χ3n) is 4.68. The lowest BCUT2D eigenvalue weighted by molar-refractivity contribution is 0.100. The molecule has 4 nitrogen and oxygen atoms in total. The van der Waals surface area contributed by atoms with Crippen LogP contribution in [-0.2, 0) is 0 Å². The summed E-state index contributed by atoms with van der Waals surface area (Å²) in [4.78, 5) is 20.9. The number of para-hydroxylation sites is 1. The quantitative estimate of drug-likeness (QED) is 0.415. The smallest absolute Gasteiger partial charge is 0.263 e. The van der Waals surface area contributed by atoms with E-state index in [1.807, 2.05) is 84.9 Å². The summed E-state index contributed by atoms with van der Waals surface area (Å²) in [6, 6.07) is 29.0. The molecule has 2 aromatic heterocycles. The molecule has 28 heavy (non-hydrogen) atoms. The molecule has 0 aliphatic rings. The maximum absolute atomic E-state index is 13.1. The van der Waals surface area contributed by atoms with Gasteiger partial charge in [-0.2, -0.15) is 0 Å². The van der Waals surface area contributed by atoms with Gasteiger partial charge in [-0.1, -0.05) is 78.9 Å². The van der Waals surface area contributed by atoms with Gasteiger partial charge in [0.25, 0.3) is 5.78 Å². The first-order chi connectivity index (χ1) is 13.8. The molecule has 0 aliphatic heterocycles. The summed E-state index contributed by atoms with van der Waals surface area (Å²) in [5, 5.41) is 0.893. The van der Waals surface area contributed by atoms with Gasteiger partial charge in [-0.15, -0.1) is 0 Å². The monoisotopic (exact) mass is 364 g/mol. The third kappa shape index (κ3) is 2.81. The molecule has 0 aliphatic carbocycles. The number of H-pyrrole nitrogens is 1. The zero-order valence-electron chi connectivity index (χ0n) is 14.9. The Labute approximate surface area is 161 Å². The first kappa shape index (κ1) is 16.3.